The average molecular weight is 420 g/mol. The molecular formula is C12H17N6O7PS. The van der Waals surface area contributed by atoms with Gasteiger partial charge in [-0.3, -0.25) is 4.57 Å². The van der Waals surface area contributed by atoms with Gasteiger partial charge in [0.2, 0.25) is 0 Å². The molecule has 2 heterocycles. The second-order valence-corrected chi connectivity index (χ2v) is 5.72. The van der Waals surface area contributed by atoms with Gasteiger partial charge in [0.1, 0.15) is 17.5 Å². The van der Waals surface area contributed by atoms with Crippen molar-refractivity contribution in [3.63, 3.8) is 0 Å². The minimum Gasteiger partial charge on any atom is -0.478 e. The van der Waals surface area contributed by atoms with Gasteiger partial charge in [0.05, 0.1) is 6.61 Å². The first-order chi connectivity index (χ1) is 12.7. The third kappa shape index (κ3) is 10.8. The van der Waals surface area contributed by atoms with Gasteiger partial charge in [-0.1, -0.05) is 4.88 Å². The fourth-order valence-electron chi connectivity index (χ4n) is 1.47. The van der Waals surface area contributed by atoms with Crippen LogP contribution in [0.25, 0.3) is 10.4 Å². The van der Waals surface area contributed by atoms with Crippen molar-refractivity contribution in [2.75, 3.05) is 18.1 Å². The van der Waals surface area contributed by atoms with Crippen LogP contribution >= 0.6 is 21.2 Å². The van der Waals surface area contributed by atoms with Gasteiger partial charge in [0.15, 0.2) is 0 Å². The van der Waals surface area contributed by atoms with Crippen LogP contribution in [0.5, 0.6) is 0 Å². The van der Waals surface area contributed by atoms with Crippen molar-refractivity contribution in [1.82, 2.24) is 9.55 Å². The fraction of sp³-hybridized carbons (Fsp3) is 0.333. The van der Waals surface area contributed by atoms with E-state index in [0.29, 0.717) is 17.9 Å². The van der Waals surface area contributed by atoms with Gasteiger partial charge in [-0.15, -0.1) is 11.8 Å². The lowest BCUT2D eigenvalue weighted by Gasteiger charge is -2.13. The summed E-state index contributed by atoms with van der Waals surface area (Å²) < 4.78 is 6.79. The molecule has 1 saturated heterocycles. The molecule has 0 amide bonds. The zero-order valence-electron chi connectivity index (χ0n) is 13.7. The minimum absolute atomic E-state index is 0.0572. The van der Waals surface area contributed by atoms with E-state index in [9.17, 15) is 14.4 Å². The van der Waals surface area contributed by atoms with E-state index in [1.54, 1.807) is 12.3 Å². The Kier molecular flexibility index (Phi) is 12.2. The molecule has 1 aliphatic rings. The lowest BCUT2D eigenvalue weighted by atomic mass is 10.5. The summed E-state index contributed by atoms with van der Waals surface area (Å²) in [7, 11) is 1.86. The van der Waals surface area contributed by atoms with Crippen LogP contribution in [0.3, 0.4) is 0 Å². The number of aliphatic hydroxyl groups excluding tert-OH is 1. The van der Waals surface area contributed by atoms with Gasteiger partial charge in [-0.05, 0) is 21.0 Å². The van der Waals surface area contributed by atoms with E-state index in [0.717, 1.165) is 0 Å². The van der Waals surface area contributed by atoms with Crippen LogP contribution in [0, 0.1) is 0 Å². The zero-order chi connectivity index (χ0) is 20.8. The Morgan fingerprint density at radius 3 is 2.44 bits per heavy atom. The van der Waals surface area contributed by atoms with E-state index < -0.39 is 17.6 Å². The Balaban J connectivity index is 0.000000476. The van der Waals surface area contributed by atoms with Crippen LogP contribution < -0.4 is 11.4 Å². The largest absolute Gasteiger partial charge is 0.478 e. The first-order valence-electron chi connectivity index (χ1n) is 6.85. The number of nitrogens with zero attached hydrogens (tertiary/aromatic N) is 5. The number of aromatic nitrogens is 2. The van der Waals surface area contributed by atoms with Crippen molar-refractivity contribution in [1.29, 1.82) is 0 Å². The molecule has 1 fully saturated rings. The molecule has 0 bridgehead atoms. The highest BCUT2D eigenvalue weighted by Gasteiger charge is 2.27. The fourth-order valence-corrected chi connectivity index (χ4v) is 2.40. The third-order valence-corrected chi connectivity index (χ3v) is 3.68. The van der Waals surface area contributed by atoms with Crippen LogP contribution in [0.1, 0.15) is 6.23 Å². The number of aliphatic carboxylic acids is 2. The summed E-state index contributed by atoms with van der Waals surface area (Å²) >= 11 is 1.47. The summed E-state index contributed by atoms with van der Waals surface area (Å²) in [5.74, 6) is -1.70. The first-order valence-corrected chi connectivity index (χ1v) is 8.42. The molecule has 1 aliphatic heterocycles. The van der Waals surface area contributed by atoms with E-state index in [4.69, 9.17) is 31.3 Å². The van der Waals surface area contributed by atoms with Gasteiger partial charge in [-0.25, -0.2) is 14.4 Å². The number of aliphatic hydroxyl groups is 1. The smallest absolute Gasteiger partial charge is 0.351 e. The van der Waals surface area contributed by atoms with Gasteiger partial charge in [0.25, 0.3) is 0 Å². The topological polar surface area (TPSA) is 214 Å². The standard InChI is InChI=1S/C8H11N3O3S.C4H4O4.H2N3P/c9-5-1-2-11(8(13)10-5)6-4-15-7(3-12)14-6;5-3(6)1-2-4(7)8;1-2-3-4/h1-2,6-7,12H,3-4H2,(H2,9,10,13);1-2H,(H,5,6)(H,7,8);4H2/b;2-1+;/t6-,7+;;/m0../s1. The maximum atomic E-state index is 11.4. The number of thioether (sulfide) groups is 1. The predicted octanol–water partition coefficient (Wildman–Crippen LogP) is 0.205. The minimum atomic E-state index is -1.26. The SMILES string of the molecule is Nc1ccn([C@@H]2CS[C@H](CO)O2)c(=O)n1.O=C(O)/C=C/C(=O)O.[N-]=[N+]=NP. The van der Waals surface area contributed by atoms with Crippen molar-refractivity contribution in [3.05, 3.63) is 45.3 Å². The molecular weight excluding hydrogens is 403 g/mol. The molecule has 3 atom stereocenters. The maximum Gasteiger partial charge on any atom is 0.351 e. The quantitative estimate of drug-likeness (QED) is 0.171. The number of hydrogen-bond donors (Lipinski definition) is 4. The van der Waals surface area contributed by atoms with E-state index in [-0.39, 0.29) is 24.1 Å². The molecule has 1 aromatic heterocycles. The van der Waals surface area contributed by atoms with Crippen molar-refractivity contribution < 1.29 is 29.6 Å². The number of carbonyl (C=O) groups is 2. The summed E-state index contributed by atoms with van der Waals surface area (Å²) in [6.45, 7) is -0.0572. The molecule has 148 valence electrons. The highest BCUT2D eigenvalue weighted by molar-refractivity contribution is 8.00. The highest BCUT2D eigenvalue weighted by Crippen LogP contribution is 2.30. The monoisotopic (exact) mass is 420 g/mol. The molecule has 5 N–H and O–H groups in total. The Labute approximate surface area is 158 Å². The molecule has 0 aliphatic carbocycles. The molecule has 15 heteroatoms. The van der Waals surface area contributed by atoms with E-state index >= 15 is 0 Å². The number of carboxylic acids is 2. The lowest BCUT2D eigenvalue weighted by molar-refractivity contribution is -0.134. The zero-order valence-corrected chi connectivity index (χ0v) is 15.6. The number of anilines is 1. The van der Waals surface area contributed by atoms with Crippen molar-refractivity contribution in [3.8, 4) is 0 Å². The summed E-state index contributed by atoms with van der Waals surface area (Å²) in [5, 5.41) is 24.5. The van der Waals surface area contributed by atoms with Gasteiger partial charge < -0.3 is 25.8 Å². The summed E-state index contributed by atoms with van der Waals surface area (Å²) in [6.07, 6.45) is 2.30. The van der Waals surface area contributed by atoms with E-state index in [1.165, 1.54) is 16.3 Å². The Morgan fingerprint density at radius 1 is 1.52 bits per heavy atom. The van der Waals surface area contributed by atoms with Crippen molar-refractivity contribution >= 4 is 38.9 Å². The number of nitrogens with two attached hydrogens (primary N) is 1. The lowest BCUT2D eigenvalue weighted by Crippen LogP contribution is -2.28. The van der Waals surface area contributed by atoms with Gasteiger partial charge in [-0.2, -0.15) is 4.98 Å². The third-order valence-electron chi connectivity index (χ3n) is 2.46. The molecule has 0 aromatic carbocycles. The number of hydrogen-bond acceptors (Lipinski definition) is 9. The van der Waals surface area contributed by atoms with Crippen LogP contribution in [0.4, 0.5) is 5.82 Å². The molecule has 2 rings (SSSR count). The summed E-state index contributed by atoms with van der Waals surface area (Å²) in [4.78, 5) is 39.3. The summed E-state index contributed by atoms with van der Waals surface area (Å²) in [5.41, 5.74) is 12.0. The Bertz CT molecular complexity index is 751. The molecule has 0 saturated carbocycles. The van der Waals surface area contributed by atoms with Crippen molar-refractivity contribution in [2.45, 2.75) is 11.7 Å². The van der Waals surface area contributed by atoms with Gasteiger partial charge >= 0.3 is 17.6 Å². The number of carboxylic acid groups (broad SMARTS) is 2. The normalized spacial score (nSPS) is 17.7. The average Bonchev–Trinajstić information content (AvgIpc) is 3.09. The number of ether oxygens (including phenoxy) is 1. The number of nitrogen functional groups attached to an aromatic ring is 1. The molecule has 13 nitrogen and oxygen atoms in total. The summed E-state index contributed by atoms with van der Waals surface area (Å²) in [6, 6.07) is 1.54. The van der Waals surface area contributed by atoms with Gasteiger partial charge in [0, 0.05) is 29.0 Å². The Morgan fingerprint density at radius 2 is 2.07 bits per heavy atom. The molecule has 1 unspecified atom stereocenters. The molecule has 0 radical (unpaired) electrons. The molecule has 0 spiro atoms. The first kappa shape index (κ1) is 24.4. The van der Waals surface area contributed by atoms with Crippen LogP contribution in [0.15, 0.2) is 34.1 Å². The maximum absolute atomic E-state index is 11.4. The number of rotatable bonds is 4. The molecule has 1 aromatic rings. The van der Waals surface area contributed by atoms with E-state index in [2.05, 4.69) is 14.8 Å². The van der Waals surface area contributed by atoms with Crippen LogP contribution in [-0.4, -0.2) is 54.6 Å². The number of azide groups is 1. The predicted molar refractivity (Wildman–Crippen MR) is 99.6 cm³/mol. The van der Waals surface area contributed by atoms with E-state index in [1.807, 2.05) is 9.39 Å². The second kappa shape index (κ2) is 13.6. The second-order valence-electron chi connectivity index (χ2n) is 4.29. The Hall–Kier alpha value is -2.63. The molecule has 27 heavy (non-hydrogen) atoms. The van der Waals surface area contributed by atoms with Crippen LogP contribution in [-0.2, 0) is 14.3 Å². The van der Waals surface area contributed by atoms with Crippen LogP contribution in [0.2, 0.25) is 0 Å². The highest BCUT2D eigenvalue weighted by atomic mass is 32.2. The van der Waals surface area contributed by atoms with Crippen molar-refractivity contribution in [2.24, 2.45) is 4.88 Å².